The number of nitrogens with two attached hydrogens (primary N) is 3. The molecule has 1 aromatic carbocycles. The van der Waals surface area contributed by atoms with Gasteiger partial charge in [-0.25, -0.2) is 10.7 Å². The van der Waals surface area contributed by atoms with Crippen LogP contribution in [-0.2, 0) is 61.0 Å². The molecule has 1 fully saturated rings. The van der Waals surface area contributed by atoms with E-state index in [0.717, 1.165) is 22.2 Å². The Morgan fingerprint density at radius 1 is 0.895 bits per heavy atom. The van der Waals surface area contributed by atoms with E-state index >= 15 is 0 Å². The largest absolute Gasteiger partial charge is 0.461 e. The summed E-state index contributed by atoms with van der Waals surface area (Å²) in [6.07, 6.45) is 2.14. The number of benzene rings is 1. The maximum Gasteiger partial charge on any atom is 0.312 e. The molecular weight excluding hydrogens is 765 g/mol. The highest BCUT2D eigenvalue weighted by Crippen LogP contribution is 2.26. The smallest absolute Gasteiger partial charge is 0.312 e. The minimum Gasteiger partial charge on any atom is -0.461 e. The number of unbranched alkanes of at least 4 members (excludes halogenated alkanes) is 2. The number of likely N-dealkylation sites (tertiary alicyclic amines) is 1. The standard InChI is InChI=1S/C37H56N8O11S/c1-4-32(50)55-19-24-13-11-23(12-14-24)17-27(46)25(9-8-15-41-37(39)54)43-35(52)33(22(2)3)44-29(47)10-6-5-7-16-45-31(49)18-28(36(45)53)57-21-26(34(38)51)42-30(48)20-56-40/h11-14,22,25-26,28,33H,4-10,15-21,40H2,1-3H3,(H2,38,51)(H,42,48)(H,43,52)(H,44,47)(H3,39,41,54)/t25-,26?,28?,33-/m0/s1. The molecule has 1 aliphatic heterocycles. The van der Waals surface area contributed by atoms with Gasteiger partial charge in [-0.2, -0.15) is 0 Å². The number of Topliss-reactive ketones (excluding diaryl/α,β-unsaturated/α-hetero) is 1. The van der Waals surface area contributed by atoms with Gasteiger partial charge in [-0.05, 0) is 42.7 Å². The number of ether oxygens (including phenoxy) is 1. The summed E-state index contributed by atoms with van der Waals surface area (Å²) in [6, 6.07) is 3.29. The van der Waals surface area contributed by atoms with Gasteiger partial charge < -0.3 is 37.5 Å². The second kappa shape index (κ2) is 25.2. The van der Waals surface area contributed by atoms with Gasteiger partial charge >= 0.3 is 12.0 Å². The third kappa shape index (κ3) is 17.7. The Morgan fingerprint density at radius 2 is 1.58 bits per heavy atom. The van der Waals surface area contributed by atoms with Gasteiger partial charge in [0.05, 0.1) is 11.3 Å². The Kier molecular flexibility index (Phi) is 21.3. The van der Waals surface area contributed by atoms with Crippen molar-refractivity contribution in [1.82, 2.24) is 26.2 Å². The second-order valence-corrected chi connectivity index (χ2v) is 15.0. The van der Waals surface area contributed by atoms with E-state index in [4.69, 9.17) is 22.1 Å². The summed E-state index contributed by atoms with van der Waals surface area (Å²) in [5, 5.41) is 9.63. The first-order chi connectivity index (χ1) is 27.1. The fourth-order valence-corrected chi connectivity index (χ4v) is 6.89. The third-order valence-corrected chi connectivity index (χ3v) is 10.2. The molecule has 0 aliphatic carbocycles. The summed E-state index contributed by atoms with van der Waals surface area (Å²) in [4.78, 5) is 117. The topological polar surface area (TPSA) is 302 Å². The summed E-state index contributed by atoms with van der Waals surface area (Å²) in [6.45, 7) is 5.16. The molecule has 20 heteroatoms. The molecule has 0 spiro atoms. The molecule has 4 atom stereocenters. The van der Waals surface area contributed by atoms with E-state index in [1.807, 2.05) is 0 Å². The number of primary amides is 2. The number of rotatable bonds is 27. The number of carbonyl (C=O) groups excluding carboxylic acids is 9. The number of esters is 1. The van der Waals surface area contributed by atoms with Gasteiger partial charge in [0.2, 0.25) is 35.4 Å². The number of ketones is 1. The number of nitrogens with one attached hydrogen (secondary N) is 4. The highest BCUT2D eigenvalue weighted by molar-refractivity contribution is 8.00. The normalized spacial score (nSPS) is 15.4. The van der Waals surface area contributed by atoms with E-state index in [0.29, 0.717) is 31.2 Å². The van der Waals surface area contributed by atoms with E-state index in [-0.39, 0.29) is 87.0 Å². The van der Waals surface area contributed by atoms with Crippen molar-refractivity contribution in [1.29, 1.82) is 0 Å². The molecular formula is C37H56N8O11S. The van der Waals surface area contributed by atoms with Crippen molar-refractivity contribution in [2.24, 2.45) is 23.3 Å². The van der Waals surface area contributed by atoms with Crippen LogP contribution in [0.2, 0.25) is 0 Å². The summed E-state index contributed by atoms with van der Waals surface area (Å²) in [7, 11) is 0. The van der Waals surface area contributed by atoms with Crippen LogP contribution in [0.3, 0.4) is 0 Å². The van der Waals surface area contributed by atoms with Crippen molar-refractivity contribution >= 4 is 65.0 Å². The third-order valence-electron chi connectivity index (χ3n) is 8.87. The molecule has 0 bridgehead atoms. The van der Waals surface area contributed by atoms with E-state index in [9.17, 15) is 43.2 Å². The number of imide groups is 1. The van der Waals surface area contributed by atoms with Gasteiger partial charge in [0.1, 0.15) is 25.3 Å². The fourth-order valence-electron chi connectivity index (χ4n) is 5.69. The first kappa shape index (κ1) is 48.1. The van der Waals surface area contributed by atoms with Gasteiger partial charge in [-0.3, -0.25) is 48.1 Å². The van der Waals surface area contributed by atoms with Crippen LogP contribution >= 0.6 is 11.8 Å². The van der Waals surface area contributed by atoms with Gasteiger partial charge in [-0.1, -0.05) is 51.5 Å². The molecule has 2 rings (SSSR count). The number of thioether (sulfide) groups is 1. The molecule has 2 unspecified atom stereocenters. The Hall–Kier alpha value is -5.08. The van der Waals surface area contributed by atoms with E-state index in [1.54, 1.807) is 45.0 Å². The van der Waals surface area contributed by atoms with E-state index in [1.165, 1.54) is 0 Å². The quantitative estimate of drug-likeness (QED) is 0.0258. The first-order valence-electron chi connectivity index (χ1n) is 18.8. The SMILES string of the molecule is CCC(=O)OCc1ccc(CC(=O)[C@H](CCCNC(N)=O)NC(=O)[C@@H](NC(=O)CCCCCN2C(=O)CC(SCC(NC(=O)CON)C(N)=O)C2=O)C(C)C)cc1. The van der Waals surface area contributed by atoms with Crippen LogP contribution in [0, 0.1) is 5.92 Å². The zero-order valence-corrected chi connectivity index (χ0v) is 33.5. The molecule has 1 heterocycles. The number of hydrogen-bond acceptors (Lipinski definition) is 13. The molecule has 0 saturated carbocycles. The molecule has 19 nitrogen and oxygen atoms in total. The van der Waals surface area contributed by atoms with Gasteiger partial charge in [0.15, 0.2) is 5.78 Å². The lowest BCUT2D eigenvalue weighted by Crippen LogP contribution is -2.54. The van der Waals surface area contributed by atoms with Gasteiger partial charge in [0, 0.05) is 44.5 Å². The van der Waals surface area contributed by atoms with Crippen LogP contribution < -0.4 is 38.6 Å². The average Bonchev–Trinajstić information content (AvgIpc) is 3.43. The molecule has 0 radical (unpaired) electrons. The number of amides is 8. The second-order valence-electron chi connectivity index (χ2n) is 13.8. The van der Waals surface area contributed by atoms with Crippen molar-refractivity contribution in [3.05, 3.63) is 35.4 Å². The Bertz CT molecular complexity index is 1580. The molecule has 0 aromatic heterocycles. The fraction of sp³-hybridized carbons (Fsp3) is 0.595. The zero-order chi connectivity index (χ0) is 42.5. The minimum absolute atomic E-state index is 0.00272. The van der Waals surface area contributed by atoms with Crippen LogP contribution in [0.5, 0.6) is 0 Å². The van der Waals surface area contributed by atoms with Crippen LogP contribution in [0.1, 0.15) is 83.3 Å². The van der Waals surface area contributed by atoms with Gasteiger partial charge in [0.25, 0.3) is 0 Å². The van der Waals surface area contributed by atoms with Gasteiger partial charge in [-0.15, -0.1) is 11.8 Å². The predicted octanol–water partition coefficient (Wildman–Crippen LogP) is -0.393. The van der Waals surface area contributed by atoms with Crippen LogP contribution in [0.4, 0.5) is 4.79 Å². The van der Waals surface area contributed by atoms with E-state index in [2.05, 4.69) is 26.1 Å². The predicted molar refractivity (Wildman–Crippen MR) is 208 cm³/mol. The molecule has 57 heavy (non-hydrogen) atoms. The number of hydrogen-bond donors (Lipinski definition) is 7. The first-order valence-corrected chi connectivity index (χ1v) is 19.9. The lowest BCUT2D eigenvalue weighted by Gasteiger charge is -2.25. The van der Waals surface area contributed by atoms with Crippen molar-refractivity contribution in [3.8, 4) is 0 Å². The average molecular weight is 821 g/mol. The monoisotopic (exact) mass is 820 g/mol. The van der Waals surface area contributed by atoms with Crippen LogP contribution in [-0.4, -0.2) is 107 Å². The maximum atomic E-state index is 13.5. The lowest BCUT2D eigenvalue weighted by atomic mass is 9.97. The Morgan fingerprint density at radius 3 is 2.19 bits per heavy atom. The summed E-state index contributed by atoms with van der Waals surface area (Å²) in [5.41, 5.74) is 11.9. The number of nitrogens with zero attached hydrogens (tertiary/aromatic N) is 1. The molecule has 8 amide bonds. The number of urea groups is 1. The molecule has 1 saturated heterocycles. The van der Waals surface area contributed by atoms with Crippen molar-refractivity contribution in [3.63, 3.8) is 0 Å². The maximum absolute atomic E-state index is 13.5. The summed E-state index contributed by atoms with van der Waals surface area (Å²) < 4.78 is 5.14. The highest BCUT2D eigenvalue weighted by Gasteiger charge is 2.39. The van der Waals surface area contributed by atoms with Crippen molar-refractivity contribution < 1.29 is 52.7 Å². The molecule has 1 aromatic rings. The highest BCUT2D eigenvalue weighted by atomic mass is 32.2. The Balaban J connectivity index is 1.89. The van der Waals surface area contributed by atoms with Crippen LogP contribution in [0.25, 0.3) is 0 Å². The number of carbonyl (C=O) groups is 9. The van der Waals surface area contributed by atoms with Crippen molar-refractivity contribution in [2.75, 3.05) is 25.4 Å². The summed E-state index contributed by atoms with van der Waals surface area (Å²) >= 11 is 1.03. The lowest BCUT2D eigenvalue weighted by molar-refractivity contribution is -0.144. The van der Waals surface area contributed by atoms with Crippen LogP contribution in [0.15, 0.2) is 24.3 Å². The van der Waals surface area contributed by atoms with E-state index < -0.39 is 59.6 Å². The zero-order valence-electron chi connectivity index (χ0n) is 32.7. The molecule has 10 N–H and O–H groups in total. The summed E-state index contributed by atoms with van der Waals surface area (Å²) in [5.74, 6) is 0.693. The minimum atomic E-state index is -1.09. The molecule has 1 aliphatic rings. The Labute approximate surface area is 335 Å². The van der Waals surface area contributed by atoms with Crippen molar-refractivity contribution in [2.45, 2.75) is 109 Å². The molecule has 316 valence electrons.